The van der Waals surface area contributed by atoms with E-state index in [1.54, 1.807) is 24.3 Å². The molecule has 0 saturated heterocycles. The largest absolute Gasteiger partial charge is 1.00 e. The van der Waals surface area contributed by atoms with E-state index in [1.807, 2.05) is 0 Å². The quantitative estimate of drug-likeness (QED) is 0.440. The van der Waals surface area contributed by atoms with Crippen molar-refractivity contribution >= 4 is 28.9 Å². The summed E-state index contributed by atoms with van der Waals surface area (Å²) in [6.07, 6.45) is 0.312. The first-order valence-electron chi connectivity index (χ1n) is 3.13. The normalized spacial score (nSPS) is 8.75. The standard InChI is InChI=1S/C8H7ClOS.Na/c9-7-3-1-6(2-4-7)5-8(10)11;/h1-4H,5H2,(H,10,11);/q;+1/p-1. The van der Waals surface area contributed by atoms with Gasteiger partial charge in [0.15, 0.2) is 0 Å². The molecule has 0 heterocycles. The fourth-order valence-electron chi connectivity index (χ4n) is 0.769. The van der Waals surface area contributed by atoms with E-state index in [-0.39, 0.29) is 34.6 Å². The van der Waals surface area contributed by atoms with Gasteiger partial charge in [-0.25, -0.2) is 0 Å². The van der Waals surface area contributed by atoms with E-state index in [0.717, 1.165) is 5.56 Å². The fraction of sp³-hybridized carbons (Fsp3) is 0.125. The van der Waals surface area contributed by atoms with Crippen molar-refractivity contribution in [2.24, 2.45) is 0 Å². The molecule has 0 aromatic heterocycles. The summed E-state index contributed by atoms with van der Waals surface area (Å²) in [7, 11) is 0. The number of benzene rings is 1. The summed E-state index contributed by atoms with van der Waals surface area (Å²) in [5.74, 6) is 0. The smallest absolute Gasteiger partial charge is 0.867 e. The van der Waals surface area contributed by atoms with Crippen molar-refractivity contribution in [2.75, 3.05) is 0 Å². The van der Waals surface area contributed by atoms with Gasteiger partial charge in [0.1, 0.15) is 0 Å². The van der Waals surface area contributed by atoms with Crippen molar-refractivity contribution in [3.05, 3.63) is 34.9 Å². The first-order valence-corrected chi connectivity index (χ1v) is 3.91. The number of hydrogen-bond donors (Lipinski definition) is 0. The van der Waals surface area contributed by atoms with E-state index in [2.05, 4.69) is 12.2 Å². The van der Waals surface area contributed by atoms with Crippen LogP contribution in [-0.2, 0) is 6.42 Å². The first-order chi connectivity index (χ1) is 5.18. The zero-order valence-corrected chi connectivity index (χ0v) is 10.3. The summed E-state index contributed by atoms with van der Waals surface area (Å²) in [6, 6.07) is 7.09. The molecule has 0 aliphatic carbocycles. The fourth-order valence-corrected chi connectivity index (χ4v) is 1.06. The molecule has 0 unspecified atom stereocenters. The molecule has 58 valence electrons. The van der Waals surface area contributed by atoms with E-state index in [4.69, 9.17) is 11.6 Å². The first kappa shape index (κ1) is 12.4. The molecule has 1 aromatic carbocycles. The number of hydrogen-bond acceptors (Lipinski definition) is 2. The zero-order chi connectivity index (χ0) is 8.27. The SMILES string of the molecule is [Na+].[O-]C(=S)Cc1ccc(Cl)cc1. The summed E-state index contributed by atoms with van der Waals surface area (Å²) in [5.41, 5.74) is 0.911. The molecule has 1 rings (SSSR count). The molecule has 0 saturated carbocycles. The summed E-state index contributed by atoms with van der Waals surface area (Å²) < 4.78 is 0. The molecular formula is C8H6ClNaOS. The Balaban J connectivity index is 0.00000121. The second-order valence-electron chi connectivity index (χ2n) is 2.18. The summed E-state index contributed by atoms with van der Waals surface area (Å²) >= 11 is 10.1. The molecule has 0 aliphatic rings. The van der Waals surface area contributed by atoms with E-state index < -0.39 is 0 Å². The van der Waals surface area contributed by atoms with Crippen LogP contribution in [0.1, 0.15) is 5.56 Å². The van der Waals surface area contributed by atoms with Gasteiger partial charge in [0.05, 0.1) is 0 Å². The molecule has 0 radical (unpaired) electrons. The maximum Gasteiger partial charge on any atom is 1.00 e. The van der Waals surface area contributed by atoms with Crippen molar-refractivity contribution in [2.45, 2.75) is 6.42 Å². The Hall–Kier alpha value is 0.400. The van der Waals surface area contributed by atoms with Crippen molar-refractivity contribution < 1.29 is 34.7 Å². The van der Waals surface area contributed by atoms with Crippen LogP contribution in [0.5, 0.6) is 0 Å². The zero-order valence-electron chi connectivity index (χ0n) is 6.71. The van der Waals surface area contributed by atoms with Crippen molar-refractivity contribution in [1.29, 1.82) is 0 Å². The summed E-state index contributed by atoms with van der Waals surface area (Å²) in [6.45, 7) is 0. The minimum atomic E-state index is -0.243. The van der Waals surface area contributed by atoms with Crippen LogP contribution in [0.3, 0.4) is 0 Å². The second kappa shape index (κ2) is 5.95. The minimum Gasteiger partial charge on any atom is -0.867 e. The molecule has 12 heavy (non-hydrogen) atoms. The van der Waals surface area contributed by atoms with Crippen molar-refractivity contribution in [3.8, 4) is 0 Å². The van der Waals surface area contributed by atoms with Crippen molar-refractivity contribution in [3.63, 3.8) is 0 Å². The molecule has 0 fully saturated rings. The average Bonchev–Trinajstić information content (AvgIpc) is 1.93. The van der Waals surface area contributed by atoms with Crippen LogP contribution in [0.2, 0.25) is 5.02 Å². The van der Waals surface area contributed by atoms with E-state index in [0.29, 0.717) is 11.4 Å². The van der Waals surface area contributed by atoms with Gasteiger partial charge in [-0.3, -0.25) is 0 Å². The van der Waals surface area contributed by atoms with Gasteiger partial charge >= 0.3 is 29.6 Å². The van der Waals surface area contributed by atoms with Gasteiger partial charge in [-0.15, -0.1) is 12.2 Å². The molecule has 0 atom stereocenters. The number of rotatable bonds is 2. The molecule has 1 nitrogen and oxygen atoms in total. The van der Waals surface area contributed by atoms with Gasteiger partial charge in [0.25, 0.3) is 0 Å². The monoisotopic (exact) mass is 208 g/mol. The van der Waals surface area contributed by atoms with Gasteiger partial charge in [-0.1, -0.05) is 28.8 Å². The van der Waals surface area contributed by atoms with Gasteiger partial charge in [-0.2, -0.15) is 0 Å². The minimum absolute atomic E-state index is 0. The third-order valence-electron chi connectivity index (χ3n) is 1.26. The maximum absolute atomic E-state index is 10.5. The van der Waals surface area contributed by atoms with Crippen LogP contribution in [-0.4, -0.2) is 5.05 Å². The Kier molecular flexibility index (Phi) is 6.14. The van der Waals surface area contributed by atoms with Crippen molar-refractivity contribution in [1.82, 2.24) is 0 Å². The predicted molar refractivity (Wildman–Crippen MR) is 47.8 cm³/mol. The number of halogens is 1. The van der Waals surface area contributed by atoms with Crippen LogP contribution in [0.25, 0.3) is 0 Å². The molecule has 0 bridgehead atoms. The van der Waals surface area contributed by atoms with E-state index in [9.17, 15) is 5.11 Å². The Bertz CT molecular complexity index is 260. The van der Waals surface area contributed by atoms with Gasteiger partial charge in [0, 0.05) is 5.02 Å². The van der Waals surface area contributed by atoms with Crippen LogP contribution in [0.15, 0.2) is 24.3 Å². The molecule has 0 spiro atoms. The Labute approximate surface area is 104 Å². The molecule has 0 amide bonds. The van der Waals surface area contributed by atoms with Crippen LogP contribution >= 0.6 is 23.8 Å². The Morgan fingerprint density at radius 1 is 1.33 bits per heavy atom. The average molecular weight is 209 g/mol. The molecule has 0 N–H and O–H groups in total. The van der Waals surface area contributed by atoms with Crippen LogP contribution in [0, 0.1) is 0 Å². The van der Waals surface area contributed by atoms with Gasteiger partial charge in [0.2, 0.25) is 0 Å². The molecule has 1 aromatic rings. The number of thiocarbonyl (C=S) groups is 1. The molecule has 4 heteroatoms. The Morgan fingerprint density at radius 2 is 1.83 bits per heavy atom. The molecular weight excluding hydrogens is 203 g/mol. The van der Waals surface area contributed by atoms with Crippen LogP contribution in [0.4, 0.5) is 0 Å². The topological polar surface area (TPSA) is 23.1 Å². The van der Waals surface area contributed by atoms with Gasteiger partial charge in [-0.05, 0) is 24.1 Å². The second-order valence-corrected chi connectivity index (χ2v) is 3.07. The summed E-state index contributed by atoms with van der Waals surface area (Å²) in [4.78, 5) is 0. The summed E-state index contributed by atoms with van der Waals surface area (Å²) in [5, 5.41) is 10.9. The molecule has 0 aliphatic heterocycles. The third-order valence-corrected chi connectivity index (χ3v) is 1.66. The van der Waals surface area contributed by atoms with E-state index >= 15 is 0 Å². The third kappa shape index (κ3) is 4.43. The Morgan fingerprint density at radius 3 is 2.25 bits per heavy atom. The van der Waals surface area contributed by atoms with Crippen LogP contribution < -0.4 is 34.7 Å². The van der Waals surface area contributed by atoms with Gasteiger partial charge < -0.3 is 5.11 Å². The maximum atomic E-state index is 10.5. The van der Waals surface area contributed by atoms with E-state index in [1.165, 1.54) is 0 Å². The predicted octanol–water partition coefficient (Wildman–Crippen LogP) is -1.43.